The van der Waals surface area contributed by atoms with Crippen LogP contribution in [0.2, 0.25) is 0 Å². The molecule has 32 heavy (non-hydrogen) atoms. The molecule has 0 saturated carbocycles. The summed E-state index contributed by atoms with van der Waals surface area (Å²) in [7, 11) is 0. The first kappa shape index (κ1) is 21.8. The first-order valence-electron chi connectivity index (χ1n) is 10.0. The first-order valence-corrected chi connectivity index (χ1v) is 11.1. The first-order chi connectivity index (χ1) is 15.3. The van der Waals surface area contributed by atoms with E-state index in [1.54, 1.807) is 11.5 Å². The van der Waals surface area contributed by atoms with Gasteiger partial charge in [-0.2, -0.15) is 10.2 Å². The van der Waals surface area contributed by atoms with Crippen molar-refractivity contribution in [1.29, 1.82) is 5.26 Å². The van der Waals surface area contributed by atoms with Crippen LogP contribution in [-0.4, -0.2) is 14.5 Å². The second-order valence-electron chi connectivity index (χ2n) is 7.57. The fourth-order valence-corrected chi connectivity index (χ4v) is 4.50. The highest BCUT2D eigenvalue weighted by Gasteiger charge is 2.20. The zero-order valence-corrected chi connectivity index (χ0v) is 20.0. The predicted octanol–water partition coefficient (Wildman–Crippen LogP) is 4.63. The van der Waals surface area contributed by atoms with Gasteiger partial charge in [-0.25, -0.2) is 4.98 Å². The monoisotopic (exact) mass is 536 g/mol. The van der Waals surface area contributed by atoms with Crippen LogP contribution in [0.1, 0.15) is 35.5 Å². The van der Waals surface area contributed by atoms with Crippen LogP contribution in [0.5, 0.6) is 0 Å². The van der Waals surface area contributed by atoms with Crippen LogP contribution in [0, 0.1) is 28.7 Å². The summed E-state index contributed by atoms with van der Waals surface area (Å²) in [6, 6.07) is 17.4. The topological polar surface area (TPSA) is 110 Å². The van der Waals surface area contributed by atoms with Gasteiger partial charge in [0.05, 0.1) is 22.8 Å². The SMILES string of the molecule is Cc1nc(N)nc(N[C@@H](C)c2cc3cccc(C)c3c(=O)n2-c2ccccc2I)c1C#N. The summed E-state index contributed by atoms with van der Waals surface area (Å²) >= 11 is 2.24. The number of nitrogens with one attached hydrogen (secondary N) is 1. The molecule has 2 heterocycles. The van der Waals surface area contributed by atoms with E-state index in [2.05, 4.69) is 43.9 Å². The van der Waals surface area contributed by atoms with Gasteiger partial charge in [-0.15, -0.1) is 0 Å². The summed E-state index contributed by atoms with van der Waals surface area (Å²) in [5.74, 6) is 0.427. The number of halogens is 1. The molecule has 0 aliphatic heterocycles. The third-order valence-corrected chi connectivity index (χ3v) is 6.31. The molecular weight excluding hydrogens is 515 g/mol. The minimum absolute atomic E-state index is 0.0836. The number of pyridine rings is 1. The Bertz CT molecular complexity index is 1450. The Hall–Kier alpha value is -3.45. The van der Waals surface area contributed by atoms with Crippen molar-refractivity contribution in [3.05, 3.63) is 85.0 Å². The van der Waals surface area contributed by atoms with E-state index in [1.807, 2.05) is 62.4 Å². The number of aryl methyl sites for hydroxylation is 2. The van der Waals surface area contributed by atoms with Crippen LogP contribution in [0.4, 0.5) is 11.8 Å². The standard InChI is InChI=1S/C24H21IN6O/c1-13-7-6-8-16-11-20(15(3)28-22-17(12-26)14(2)29-24(27)30-22)31(23(32)21(13)16)19-10-5-4-9-18(19)25/h4-11,15H,1-3H3,(H3,27,28,29,30)/t15-/m0/s1. The van der Waals surface area contributed by atoms with Gasteiger partial charge in [0.2, 0.25) is 5.95 Å². The van der Waals surface area contributed by atoms with E-state index in [0.29, 0.717) is 22.5 Å². The summed E-state index contributed by atoms with van der Waals surface area (Å²) in [6.45, 7) is 5.59. The number of nitrogens with two attached hydrogens (primary N) is 1. The maximum Gasteiger partial charge on any atom is 0.263 e. The molecule has 4 rings (SSSR count). The van der Waals surface area contributed by atoms with E-state index in [1.165, 1.54) is 0 Å². The van der Waals surface area contributed by atoms with Crippen molar-refractivity contribution in [3.63, 3.8) is 0 Å². The van der Waals surface area contributed by atoms with Crippen molar-refractivity contribution in [2.24, 2.45) is 0 Å². The molecule has 160 valence electrons. The van der Waals surface area contributed by atoms with Crippen molar-refractivity contribution in [2.75, 3.05) is 11.1 Å². The molecule has 0 aliphatic rings. The molecule has 0 amide bonds. The number of aromatic nitrogens is 3. The lowest BCUT2D eigenvalue weighted by molar-refractivity contribution is 0.770. The van der Waals surface area contributed by atoms with Gasteiger partial charge in [0, 0.05) is 9.26 Å². The molecule has 0 unspecified atom stereocenters. The third-order valence-electron chi connectivity index (χ3n) is 5.39. The smallest absolute Gasteiger partial charge is 0.263 e. The summed E-state index contributed by atoms with van der Waals surface area (Å²) in [6.07, 6.45) is 0. The van der Waals surface area contributed by atoms with Gasteiger partial charge in [-0.1, -0.05) is 30.3 Å². The van der Waals surface area contributed by atoms with Crippen molar-refractivity contribution < 1.29 is 0 Å². The van der Waals surface area contributed by atoms with Crippen molar-refractivity contribution >= 4 is 45.1 Å². The number of nitrogen functional groups attached to an aromatic ring is 1. The Morgan fingerprint density at radius 2 is 1.91 bits per heavy atom. The van der Waals surface area contributed by atoms with Crippen molar-refractivity contribution in [2.45, 2.75) is 26.8 Å². The van der Waals surface area contributed by atoms with Crippen LogP contribution in [0.15, 0.2) is 53.3 Å². The van der Waals surface area contributed by atoms with Crippen molar-refractivity contribution in [1.82, 2.24) is 14.5 Å². The van der Waals surface area contributed by atoms with Crippen LogP contribution in [0.25, 0.3) is 16.5 Å². The maximum atomic E-state index is 13.7. The maximum absolute atomic E-state index is 13.7. The Kier molecular flexibility index (Phi) is 5.84. The van der Waals surface area contributed by atoms with Gasteiger partial charge in [0.1, 0.15) is 17.5 Å². The van der Waals surface area contributed by atoms with Gasteiger partial charge in [-0.05, 0) is 72.5 Å². The molecule has 0 radical (unpaired) electrons. The highest BCUT2D eigenvalue weighted by Crippen LogP contribution is 2.28. The summed E-state index contributed by atoms with van der Waals surface area (Å²) in [4.78, 5) is 22.1. The number of fused-ring (bicyclic) bond motifs is 1. The molecule has 0 fully saturated rings. The number of nitriles is 1. The third kappa shape index (κ3) is 3.80. The number of hydrogen-bond donors (Lipinski definition) is 2. The highest BCUT2D eigenvalue weighted by atomic mass is 127. The molecule has 3 N–H and O–H groups in total. The average Bonchev–Trinajstić information content (AvgIpc) is 2.74. The molecule has 8 heteroatoms. The molecule has 0 bridgehead atoms. The molecular formula is C24H21IN6O. The molecule has 2 aromatic heterocycles. The summed E-state index contributed by atoms with van der Waals surface area (Å²) in [5, 5.41) is 14.4. The molecule has 0 aliphatic carbocycles. The zero-order chi connectivity index (χ0) is 23.0. The Balaban J connectivity index is 1.97. The van der Waals surface area contributed by atoms with E-state index in [0.717, 1.165) is 25.9 Å². The van der Waals surface area contributed by atoms with Crippen LogP contribution < -0.4 is 16.6 Å². The van der Waals surface area contributed by atoms with Gasteiger partial charge in [0.15, 0.2) is 0 Å². The number of rotatable bonds is 4. The molecule has 0 saturated heterocycles. The molecule has 0 spiro atoms. The number of benzene rings is 2. The van der Waals surface area contributed by atoms with Crippen molar-refractivity contribution in [3.8, 4) is 11.8 Å². The van der Waals surface area contributed by atoms with Crippen LogP contribution >= 0.6 is 22.6 Å². The lowest BCUT2D eigenvalue weighted by Crippen LogP contribution is -2.27. The van der Waals surface area contributed by atoms with E-state index in [-0.39, 0.29) is 17.5 Å². The Morgan fingerprint density at radius 1 is 1.16 bits per heavy atom. The highest BCUT2D eigenvalue weighted by molar-refractivity contribution is 14.1. The van der Waals surface area contributed by atoms with E-state index in [4.69, 9.17) is 5.73 Å². The van der Waals surface area contributed by atoms with Gasteiger partial charge in [-0.3, -0.25) is 9.36 Å². The number of nitrogens with zero attached hydrogens (tertiary/aromatic N) is 4. The minimum Gasteiger partial charge on any atom is -0.368 e. The van der Waals surface area contributed by atoms with Gasteiger partial charge >= 0.3 is 0 Å². The Morgan fingerprint density at radius 3 is 2.62 bits per heavy atom. The minimum atomic E-state index is -0.357. The van der Waals surface area contributed by atoms with Gasteiger partial charge < -0.3 is 11.1 Å². The zero-order valence-electron chi connectivity index (χ0n) is 17.8. The summed E-state index contributed by atoms with van der Waals surface area (Å²) in [5.41, 5.74) is 9.02. The number of hydrogen-bond acceptors (Lipinski definition) is 6. The van der Waals surface area contributed by atoms with Crippen LogP contribution in [-0.2, 0) is 0 Å². The normalized spacial score (nSPS) is 11.8. The summed E-state index contributed by atoms with van der Waals surface area (Å²) < 4.78 is 2.69. The quantitative estimate of drug-likeness (QED) is 0.368. The number of anilines is 2. The fourth-order valence-electron chi connectivity index (χ4n) is 3.87. The average molecular weight is 536 g/mol. The van der Waals surface area contributed by atoms with E-state index < -0.39 is 0 Å². The molecule has 2 aromatic carbocycles. The lowest BCUT2D eigenvalue weighted by Gasteiger charge is -2.23. The second kappa shape index (κ2) is 8.59. The van der Waals surface area contributed by atoms with E-state index >= 15 is 0 Å². The van der Waals surface area contributed by atoms with Crippen LogP contribution in [0.3, 0.4) is 0 Å². The number of para-hydroxylation sites is 1. The molecule has 7 nitrogen and oxygen atoms in total. The lowest BCUT2D eigenvalue weighted by atomic mass is 10.0. The largest absolute Gasteiger partial charge is 0.368 e. The fraction of sp³-hybridized carbons (Fsp3) is 0.167. The predicted molar refractivity (Wildman–Crippen MR) is 135 cm³/mol. The van der Waals surface area contributed by atoms with E-state index in [9.17, 15) is 10.1 Å². The molecule has 4 aromatic rings. The Labute approximate surface area is 199 Å². The van der Waals surface area contributed by atoms with Gasteiger partial charge in [0.25, 0.3) is 5.56 Å². The second-order valence-corrected chi connectivity index (χ2v) is 8.73. The molecule has 1 atom stereocenters.